The van der Waals surface area contributed by atoms with E-state index in [2.05, 4.69) is 4.90 Å². The molecule has 1 aromatic carbocycles. The molecule has 3 nitrogen and oxygen atoms in total. The fourth-order valence-electron chi connectivity index (χ4n) is 2.38. The van der Waals surface area contributed by atoms with Crippen LogP contribution in [-0.4, -0.2) is 42.4 Å². The lowest BCUT2D eigenvalue weighted by Crippen LogP contribution is -2.38. The van der Waals surface area contributed by atoms with E-state index in [4.69, 9.17) is 4.74 Å². The van der Waals surface area contributed by atoms with Crippen molar-refractivity contribution in [3.63, 3.8) is 0 Å². The highest BCUT2D eigenvalue weighted by Gasteiger charge is 2.14. The first kappa shape index (κ1) is 13.5. The highest BCUT2D eigenvalue weighted by molar-refractivity contribution is 5.13. The van der Waals surface area contributed by atoms with Gasteiger partial charge in [-0.1, -0.05) is 36.8 Å². The van der Waals surface area contributed by atoms with E-state index in [1.54, 1.807) is 0 Å². The van der Waals surface area contributed by atoms with Crippen LogP contribution in [-0.2, 0) is 11.3 Å². The van der Waals surface area contributed by atoms with Gasteiger partial charge in [-0.05, 0) is 31.5 Å². The topological polar surface area (TPSA) is 32.7 Å². The second kappa shape index (κ2) is 7.52. The summed E-state index contributed by atoms with van der Waals surface area (Å²) in [5.41, 5.74) is 1.16. The SMILES string of the molecule is O[C@H](COCc1ccccc1)CN1CCCCC1. The Morgan fingerprint density at radius 1 is 1.11 bits per heavy atom. The van der Waals surface area contributed by atoms with Gasteiger partial charge in [-0.2, -0.15) is 0 Å². The first-order valence-electron chi connectivity index (χ1n) is 6.86. The lowest BCUT2D eigenvalue weighted by molar-refractivity contribution is 0.00713. The summed E-state index contributed by atoms with van der Waals surface area (Å²) >= 11 is 0. The van der Waals surface area contributed by atoms with Gasteiger partial charge < -0.3 is 14.7 Å². The lowest BCUT2D eigenvalue weighted by Gasteiger charge is -2.28. The highest BCUT2D eigenvalue weighted by atomic mass is 16.5. The smallest absolute Gasteiger partial charge is 0.0900 e. The quantitative estimate of drug-likeness (QED) is 0.837. The number of β-amino-alcohol motifs (C(OH)–C–C–N with tert-alkyl or cyclic N) is 1. The van der Waals surface area contributed by atoms with Gasteiger partial charge in [0.1, 0.15) is 0 Å². The number of ether oxygens (including phenoxy) is 1. The number of aliphatic hydroxyl groups is 1. The highest BCUT2D eigenvalue weighted by Crippen LogP contribution is 2.09. The normalized spacial score (nSPS) is 18.7. The molecule has 0 spiro atoms. The minimum atomic E-state index is -0.369. The summed E-state index contributed by atoms with van der Waals surface area (Å²) in [5, 5.41) is 9.91. The average molecular weight is 249 g/mol. The number of aliphatic hydroxyl groups excluding tert-OH is 1. The first-order chi connectivity index (χ1) is 8.84. The molecule has 0 bridgehead atoms. The molecule has 0 aromatic heterocycles. The first-order valence-corrected chi connectivity index (χ1v) is 6.86. The molecule has 0 radical (unpaired) electrons. The number of piperidine rings is 1. The van der Waals surface area contributed by atoms with E-state index < -0.39 is 0 Å². The van der Waals surface area contributed by atoms with Crippen LogP contribution in [0.1, 0.15) is 24.8 Å². The molecule has 1 aliphatic rings. The predicted molar refractivity (Wildman–Crippen MR) is 72.4 cm³/mol. The summed E-state index contributed by atoms with van der Waals surface area (Å²) in [6.45, 7) is 3.99. The zero-order valence-corrected chi connectivity index (χ0v) is 10.9. The van der Waals surface area contributed by atoms with Crippen LogP contribution in [0.3, 0.4) is 0 Å². The Morgan fingerprint density at radius 2 is 1.83 bits per heavy atom. The van der Waals surface area contributed by atoms with Crippen LogP contribution in [0.5, 0.6) is 0 Å². The van der Waals surface area contributed by atoms with Crippen LogP contribution >= 0.6 is 0 Å². The molecular formula is C15H23NO2. The number of likely N-dealkylation sites (tertiary alicyclic amines) is 1. The van der Waals surface area contributed by atoms with Crippen LogP contribution in [0.4, 0.5) is 0 Å². The molecule has 3 heteroatoms. The molecule has 18 heavy (non-hydrogen) atoms. The Morgan fingerprint density at radius 3 is 2.56 bits per heavy atom. The van der Waals surface area contributed by atoms with Gasteiger partial charge in [0, 0.05) is 6.54 Å². The minimum absolute atomic E-state index is 0.369. The zero-order chi connectivity index (χ0) is 12.6. The van der Waals surface area contributed by atoms with Crippen molar-refractivity contribution >= 4 is 0 Å². The van der Waals surface area contributed by atoms with Crippen molar-refractivity contribution < 1.29 is 9.84 Å². The molecule has 1 N–H and O–H groups in total. The second-order valence-corrected chi connectivity index (χ2v) is 5.02. The largest absolute Gasteiger partial charge is 0.389 e. The van der Waals surface area contributed by atoms with Gasteiger partial charge in [0.25, 0.3) is 0 Å². The van der Waals surface area contributed by atoms with Crippen molar-refractivity contribution in [1.82, 2.24) is 4.90 Å². The maximum Gasteiger partial charge on any atom is 0.0900 e. The second-order valence-electron chi connectivity index (χ2n) is 5.02. The Balaban J connectivity index is 1.61. The fourth-order valence-corrected chi connectivity index (χ4v) is 2.38. The molecular weight excluding hydrogens is 226 g/mol. The number of nitrogens with zero attached hydrogens (tertiary/aromatic N) is 1. The number of rotatable bonds is 6. The van der Waals surface area contributed by atoms with E-state index in [0.29, 0.717) is 13.2 Å². The van der Waals surface area contributed by atoms with Gasteiger partial charge in [0.2, 0.25) is 0 Å². The third kappa shape index (κ3) is 4.77. The van der Waals surface area contributed by atoms with Crippen LogP contribution in [0.2, 0.25) is 0 Å². The monoisotopic (exact) mass is 249 g/mol. The summed E-state index contributed by atoms with van der Waals surface area (Å²) in [6, 6.07) is 10.1. The van der Waals surface area contributed by atoms with Gasteiger partial charge in [0.05, 0.1) is 19.3 Å². The van der Waals surface area contributed by atoms with E-state index in [1.165, 1.54) is 19.3 Å². The lowest BCUT2D eigenvalue weighted by atomic mass is 10.1. The van der Waals surface area contributed by atoms with Crippen molar-refractivity contribution in [2.24, 2.45) is 0 Å². The summed E-state index contributed by atoms with van der Waals surface area (Å²) < 4.78 is 5.55. The number of hydrogen-bond donors (Lipinski definition) is 1. The molecule has 1 aliphatic heterocycles. The minimum Gasteiger partial charge on any atom is -0.389 e. The van der Waals surface area contributed by atoms with Crippen molar-refractivity contribution in [2.75, 3.05) is 26.2 Å². The fraction of sp³-hybridized carbons (Fsp3) is 0.600. The molecule has 1 heterocycles. The van der Waals surface area contributed by atoms with Gasteiger partial charge in [0.15, 0.2) is 0 Å². The molecule has 0 amide bonds. The molecule has 1 fully saturated rings. The van der Waals surface area contributed by atoms with Gasteiger partial charge in [-0.3, -0.25) is 0 Å². The molecule has 0 saturated carbocycles. The van der Waals surface area contributed by atoms with Crippen LogP contribution in [0.25, 0.3) is 0 Å². The maximum absolute atomic E-state index is 9.91. The van der Waals surface area contributed by atoms with Crippen molar-refractivity contribution in [3.05, 3.63) is 35.9 Å². The molecule has 100 valence electrons. The van der Waals surface area contributed by atoms with E-state index >= 15 is 0 Å². The van der Waals surface area contributed by atoms with Gasteiger partial charge in [-0.15, -0.1) is 0 Å². The summed E-state index contributed by atoms with van der Waals surface area (Å²) in [4.78, 5) is 2.33. The van der Waals surface area contributed by atoms with Crippen molar-refractivity contribution in [1.29, 1.82) is 0 Å². The number of hydrogen-bond acceptors (Lipinski definition) is 3. The average Bonchev–Trinajstić information content (AvgIpc) is 2.41. The van der Waals surface area contributed by atoms with E-state index in [9.17, 15) is 5.11 Å². The van der Waals surface area contributed by atoms with E-state index in [1.807, 2.05) is 30.3 Å². The van der Waals surface area contributed by atoms with Crippen LogP contribution < -0.4 is 0 Å². The van der Waals surface area contributed by atoms with Crippen LogP contribution in [0, 0.1) is 0 Å². The molecule has 1 atom stereocenters. The summed E-state index contributed by atoms with van der Waals surface area (Å²) in [5.74, 6) is 0. The summed E-state index contributed by atoms with van der Waals surface area (Å²) in [7, 11) is 0. The third-order valence-electron chi connectivity index (χ3n) is 3.34. The van der Waals surface area contributed by atoms with E-state index in [-0.39, 0.29) is 6.10 Å². The third-order valence-corrected chi connectivity index (χ3v) is 3.34. The Hall–Kier alpha value is -0.900. The summed E-state index contributed by atoms with van der Waals surface area (Å²) in [6.07, 6.45) is 3.48. The molecule has 1 saturated heterocycles. The Bertz CT molecular complexity index is 323. The van der Waals surface area contributed by atoms with Crippen molar-refractivity contribution in [3.8, 4) is 0 Å². The van der Waals surface area contributed by atoms with E-state index in [0.717, 1.165) is 25.2 Å². The van der Waals surface area contributed by atoms with Crippen LogP contribution in [0.15, 0.2) is 30.3 Å². The Kier molecular flexibility index (Phi) is 5.65. The predicted octanol–water partition coefficient (Wildman–Crippen LogP) is 2.05. The van der Waals surface area contributed by atoms with Crippen molar-refractivity contribution in [2.45, 2.75) is 32.0 Å². The molecule has 0 unspecified atom stereocenters. The molecule has 0 aliphatic carbocycles. The maximum atomic E-state index is 9.91. The zero-order valence-electron chi connectivity index (χ0n) is 10.9. The Labute approximate surface area is 109 Å². The molecule has 1 aromatic rings. The molecule has 2 rings (SSSR count). The standard InChI is InChI=1S/C15H23NO2/c17-15(11-16-9-5-2-6-10-16)13-18-12-14-7-3-1-4-8-14/h1,3-4,7-8,15,17H,2,5-6,9-13H2/t15-/m0/s1. The van der Waals surface area contributed by atoms with Gasteiger partial charge >= 0.3 is 0 Å². The van der Waals surface area contributed by atoms with Gasteiger partial charge in [-0.25, -0.2) is 0 Å². The number of benzene rings is 1.